The van der Waals surface area contributed by atoms with Crippen LogP contribution in [0.1, 0.15) is 37.9 Å². The van der Waals surface area contributed by atoms with Crippen molar-refractivity contribution < 1.29 is 0 Å². The molecule has 0 atom stereocenters. The lowest BCUT2D eigenvalue weighted by Crippen LogP contribution is -2.24. The largest absolute Gasteiger partial charge is 0.383 e. The van der Waals surface area contributed by atoms with E-state index in [2.05, 4.69) is 18.9 Å². The molecule has 0 spiro atoms. The third-order valence-corrected chi connectivity index (χ3v) is 4.29. The highest BCUT2D eigenvalue weighted by Crippen LogP contribution is 2.41. The van der Waals surface area contributed by atoms with E-state index in [1.165, 1.54) is 12.0 Å². The number of para-hydroxylation sites is 1. The molecule has 3 nitrogen and oxygen atoms in total. The summed E-state index contributed by atoms with van der Waals surface area (Å²) in [5.74, 6) is 0.729. The van der Waals surface area contributed by atoms with Crippen LogP contribution in [0.25, 0.3) is 5.69 Å². The Bertz CT molecular complexity index is 628. The zero-order valence-corrected chi connectivity index (χ0v) is 12.0. The van der Waals surface area contributed by atoms with Gasteiger partial charge in [0.2, 0.25) is 0 Å². The van der Waals surface area contributed by atoms with Gasteiger partial charge in [0.1, 0.15) is 5.82 Å². The van der Waals surface area contributed by atoms with Gasteiger partial charge in [-0.15, -0.1) is 0 Å². The fraction of sp³-hybridized carbons (Fsp3) is 0.400. The van der Waals surface area contributed by atoms with E-state index in [1.54, 1.807) is 4.68 Å². The van der Waals surface area contributed by atoms with E-state index in [0.29, 0.717) is 5.02 Å². The monoisotopic (exact) mass is 275 g/mol. The van der Waals surface area contributed by atoms with Crippen LogP contribution in [0.2, 0.25) is 5.02 Å². The number of nitrogens with zero attached hydrogens (tertiary/aromatic N) is 2. The number of aromatic nitrogens is 2. The van der Waals surface area contributed by atoms with Gasteiger partial charge in [-0.3, -0.25) is 0 Å². The molecule has 0 saturated heterocycles. The standard InChI is InChI=1S/C15H18ClN3/c1-15(2)9-5-7-11-13(15)14(17)19(18-11)12-8-4-3-6-10(12)16/h3-4,6,8H,5,7,9,17H2,1-2H3. The van der Waals surface area contributed by atoms with Crippen LogP contribution in [0, 0.1) is 0 Å². The van der Waals surface area contributed by atoms with Crippen molar-refractivity contribution in [3.63, 3.8) is 0 Å². The lowest BCUT2D eigenvalue weighted by molar-refractivity contribution is 0.432. The molecule has 0 unspecified atom stereocenters. The average molecular weight is 276 g/mol. The second kappa shape index (κ2) is 4.27. The Labute approximate surface area is 118 Å². The Morgan fingerprint density at radius 2 is 2.05 bits per heavy atom. The third kappa shape index (κ3) is 1.93. The highest BCUT2D eigenvalue weighted by atomic mass is 35.5. The number of benzene rings is 1. The number of aryl methyl sites for hydroxylation is 1. The van der Waals surface area contributed by atoms with Crippen molar-refractivity contribution in [2.75, 3.05) is 5.73 Å². The number of nitrogens with two attached hydrogens (primary N) is 1. The third-order valence-electron chi connectivity index (χ3n) is 3.97. The van der Waals surface area contributed by atoms with Gasteiger partial charge >= 0.3 is 0 Å². The maximum atomic E-state index is 6.34. The van der Waals surface area contributed by atoms with Gasteiger partial charge in [0.15, 0.2) is 0 Å². The number of hydrogen-bond donors (Lipinski definition) is 1. The van der Waals surface area contributed by atoms with Gasteiger partial charge < -0.3 is 5.73 Å². The molecule has 2 N–H and O–H groups in total. The molecule has 0 fully saturated rings. The van der Waals surface area contributed by atoms with E-state index in [0.717, 1.165) is 30.0 Å². The maximum absolute atomic E-state index is 6.34. The fourth-order valence-corrected chi connectivity index (χ4v) is 3.24. The first-order chi connectivity index (χ1) is 9.00. The minimum Gasteiger partial charge on any atom is -0.383 e. The van der Waals surface area contributed by atoms with Crippen molar-refractivity contribution in [3.8, 4) is 5.69 Å². The summed E-state index contributed by atoms with van der Waals surface area (Å²) in [7, 11) is 0. The lowest BCUT2D eigenvalue weighted by atomic mass is 9.75. The van der Waals surface area contributed by atoms with Crippen LogP contribution < -0.4 is 5.73 Å². The molecule has 19 heavy (non-hydrogen) atoms. The second-order valence-electron chi connectivity index (χ2n) is 5.81. The quantitative estimate of drug-likeness (QED) is 0.862. The molecular weight excluding hydrogens is 258 g/mol. The van der Waals surface area contributed by atoms with Gasteiger partial charge in [-0.05, 0) is 36.8 Å². The smallest absolute Gasteiger partial charge is 0.131 e. The van der Waals surface area contributed by atoms with Crippen molar-refractivity contribution in [2.24, 2.45) is 0 Å². The van der Waals surface area contributed by atoms with Crippen LogP contribution in [0.3, 0.4) is 0 Å². The Morgan fingerprint density at radius 1 is 1.32 bits per heavy atom. The number of nitrogen functional groups attached to an aromatic ring is 1. The molecule has 1 aromatic carbocycles. The lowest BCUT2D eigenvalue weighted by Gasteiger charge is -2.29. The summed E-state index contributed by atoms with van der Waals surface area (Å²) in [4.78, 5) is 0. The van der Waals surface area contributed by atoms with Crippen molar-refractivity contribution in [3.05, 3.63) is 40.5 Å². The molecule has 0 saturated carbocycles. The zero-order chi connectivity index (χ0) is 13.6. The fourth-order valence-electron chi connectivity index (χ4n) is 3.02. The molecule has 1 aliphatic carbocycles. The van der Waals surface area contributed by atoms with Gasteiger partial charge in [0.05, 0.1) is 16.4 Å². The first-order valence-electron chi connectivity index (χ1n) is 6.63. The van der Waals surface area contributed by atoms with Crippen LogP contribution in [-0.4, -0.2) is 9.78 Å². The first-order valence-corrected chi connectivity index (χ1v) is 7.01. The number of rotatable bonds is 1. The summed E-state index contributed by atoms with van der Waals surface area (Å²) in [6.07, 6.45) is 3.32. The van der Waals surface area contributed by atoms with Crippen LogP contribution in [0.5, 0.6) is 0 Å². The van der Waals surface area contributed by atoms with E-state index >= 15 is 0 Å². The van der Waals surface area contributed by atoms with Crippen LogP contribution in [-0.2, 0) is 11.8 Å². The minimum atomic E-state index is 0.0944. The van der Waals surface area contributed by atoms with E-state index in [1.807, 2.05) is 24.3 Å². The Balaban J connectivity index is 2.21. The normalized spacial score (nSPS) is 17.2. The highest BCUT2D eigenvalue weighted by Gasteiger charge is 2.33. The summed E-state index contributed by atoms with van der Waals surface area (Å²) in [5, 5.41) is 5.36. The number of hydrogen-bond acceptors (Lipinski definition) is 2. The molecule has 0 bridgehead atoms. The maximum Gasteiger partial charge on any atom is 0.131 e. The first kappa shape index (κ1) is 12.5. The molecule has 1 heterocycles. The average Bonchev–Trinajstić information content (AvgIpc) is 2.68. The molecule has 0 aliphatic heterocycles. The molecule has 0 amide bonds. The summed E-state index contributed by atoms with van der Waals surface area (Å²) >= 11 is 6.25. The van der Waals surface area contributed by atoms with Crippen molar-refractivity contribution in [1.82, 2.24) is 9.78 Å². The molecule has 100 valence electrons. The molecule has 2 aromatic rings. The summed E-state index contributed by atoms with van der Waals surface area (Å²) in [6, 6.07) is 7.67. The molecular formula is C15H18ClN3. The predicted octanol–water partition coefficient (Wildman–Crippen LogP) is 3.72. The second-order valence-corrected chi connectivity index (χ2v) is 6.21. The number of anilines is 1. The summed E-state index contributed by atoms with van der Waals surface area (Å²) in [5.41, 5.74) is 9.60. The SMILES string of the molecule is CC1(C)CCCc2nn(-c3ccccc3Cl)c(N)c21. The Morgan fingerprint density at radius 3 is 2.74 bits per heavy atom. The van der Waals surface area contributed by atoms with Gasteiger partial charge in [-0.2, -0.15) is 5.10 Å². The molecule has 3 rings (SSSR count). The topological polar surface area (TPSA) is 43.8 Å². The van der Waals surface area contributed by atoms with Gasteiger partial charge in [-0.1, -0.05) is 37.6 Å². The van der Waals surface area contributed by atoms with E-state index in [-0.39, 0.29) is 5.41 Å². The van der Waals surface area contributed by atoms with Crippen LogP contribution in [0.15, 0.2) is 24.3 Å². The predicted molar refractivity (Wildman–Crippen MR) is 79.0 cm³/mol. The molecule has 1 aromatic heterocycles. The molecule has 4 heteroatoms. The summed E-state index contributed by atoms with van der Waals surface area (Å²) < 4.78 is 1.79. The number of fused-ring (bicyclic) bond motifs is 1. The Kier molecular flexibility index (Phi) is 2.82. The van der Waals surface area contributed by atoms with Gasteiger partial charge in [0, 0.05) is 5.56 Å². The minimum absolute atomic E-state index is 0.0944. The summed E-state index contributed by atoms with van der Waals surface area (Å²) in [6.45, 7) is 4.47. The zero-order valence-electron chi connectivity index (χ0n) is 11.3. The van der Waals surface area contributed by atoms with Crippen molar-refractivity contribution >= 4 is 17.4 Å². The van der Waals surface area contributed by atoms with Gasteiger partial charge in [0.25, 0.3) is 0 Å². The molecule has 0 radical (unpaired) electrons. The van der Waals surface area contributed by atoms with E-state index in [9.17, 15) is 0 Å². The van der Waals surface area contributed by atoms with Crippen molar-refractivity contribution in [1.29, 1.82) is 0 Å². The van der Waals surface area contributed by atoms with Crippen molar-refractivity contribution in [2.45, 2.75) is 38.5 Å². The van der Waals surface area contributed by atoms with Crippen LogP contribution >= 0.6 is 11.6 Å². The van der Waals surface area contributed by atoms with Crippen LogP contribution in [0.4, 0.5) is 5.82 Å². The van der Waals surface area contributed by atoms with E-state index < -0.39 is 0 Å². The molecule has 1 aliphatic rings. The Hall–Kier alpha value is -1.48. The van der Waals surface area contributed by atoms with E-state index in [4.69, 9.17) is 17.3 Å². The highest BCUT2D eigenvalue weighted by molar-refractivity contribution is 6.32. The van der Waals surface area contributed by atoms with Gasteiger partial charge in [-0.25, -0.2) is 4.68 Å². The number of halogens is 1.